The average Bonchev–Trinajstić information content (AvgIpc) is 4.05. The van der Waals surface area contributed by atoms with Gasteiger partial charge in [0.25, 0.3) is 0 Å². The molecule has 1 amide bonds. The molecule has 0 saturated carbocycles. The van der Waals surface area contributed by atoms with Gasteiger partial charge in [-0.25, -0.2) is 29.0 Å². The number of morpholine rings is 1. The van der Waals surface area contributed by atoms with Crippen molar-refractivity contribution in [2.75, 3.05) is 23.8 Å². The summed E-state index contributed by atoms with van der Waals surface area (Å²) in [5.74, 6) is 0.852. The third-order valence-electron chi connectivity index (χ3n) is 11.6. The van der Waals surface area contributed by atoms with Crippen molar-refractivity contribution < 1.29 is 19.4 Å². The molecular formula is C42H41N11O4S2. The van der Waals surface area contributed by atoms with Gasteiger partial charge in [0.15, 0.2) is 0 Å². The van der Waals surface area contributed by atoms with E-state index in [1.807, 2.05) is 52.1 Å². The van der Waals surface area contributed by atoms with Crippen LogP contribution in [0.1, 0.15) is 47.6 Å². The first-order valence-electron chi connectivity index (χ1n) is 19.8. The molecule has 1 saturated heterocycles. The van der Waals surface area contributed by atoms with Crippen LogP contribution in [0.5, 0.6) is 0 Å². The summed E-state index contributed by atoms with van der Waals surface area (Å²) in [4.78, 5) is 49.0. The van der Waals surface area contributed by atoms with E-state index in [1.54, 1.807) is 52.2 Å². The molecule has 9 heterocycles. The number of aliphatic carboxylic acids is 1. The molecule has 3 N–H and O–H groups in total. The Labute approximate surface area is 346 Å². The van der Waals surface area contributed by atoms with E-state index in [0.717, 1.165) is 85.0 Å². The fourth-order valence-corrected chi connectivity index (χ4v) is 11.3. The Hall–Kier alpha value is -6.04. The Morgan fingerprint density at radius 2 is 1.24 bits per heavy atom. The van der Waals surface area contributed by atoms with Gasteiger partial charge in [-0.15, -0.1) is 22.7 Å². The Morgan fingerprint density at radius 1 is 0.729 bits per heavy atom. The largest absolute Gasteiger partial charge is 0.481 e. The predicted molar refractivity (Wildman–Crippen MR) is 227 cm³/mol. The van der Waals surface area contributed by atoms with Crippen LogP contribution in [0, 0.1) is 11.8 Å². The highest BCUT2D eigenvalue weighted by atomic mass is 32.1. The molecule has 300 valence electrons. The first-order chi connectivity index (χ1) is 28.8. The Bertz CT molecular complexity index is 2870. The lowest BCUT2D eigenvalue weighted by Crippen LogP contribution is -2.54. The van der Waals surface area contributed by atoms with Gasteiger partial charge in [0.1, 0.15) is 34.0 Å². The van der Waals surface area contributed by atoms with Crippen molar-refractivity contribution in [1.29, 1.82) is 0 Å². The summed E-state index contributed by atoms with van der Waals surface area (Å²) in [7, 11) is 0. The Morgan fingerprint density at radius 3 is 1.76 bits per heavy atom. The van der Waals surface area contributed by atoms with Crippen molar-refractivity contribution in [3.8, 4) is 0 Å². The Balaban J connectivity index is 0.000000147. The zero-order valence-corrected chi connectivity index (χ0v) is 34.0. The second kappa shape index (κ2) is 15.3. The second-order valence-electron chi connectivity index (χ2n) is 15.5. The number of aromatic nitrogens is 8. The van der Waals surface area contributed by atoms with Crippen molar-refractivity contribution in [3.05, 3.63) is 94.7 Å². The monoisotopic (exact) mass is 827 g/mol. The number of rotatable bonds is 6. The van der Waals surface area contributed by atoms with Crippen LogP contribution in [-0.4, -0.2) is 86.3 Å². The number of pyridine rings is 2. The van der Waals surface area contributed by atoms with E-state index in [-0.39, 0.29) is 29.8 Å². The van der Waals surface area contributed by atoms with Gasteiger partial charge >= 0.3 is 5.97 Å². The zero-order chi connectivity index (χ0) is 40.2. The van der Waals surface area contributed by atoms with Gasteiger partial charge in [-0.2, -0.15) is 10.2 Å². The summed E-state index contributed by atoms with van der Waals surface area (Å²) in [5, 5.41) is 26.8. The number of amides is 1. The fraction of sp³-hybridized carbons (Fsp3) is 0.333. The van der Waals surface area contributed by atoms with Gasteiger partial charge < -0.3 is 25.4 Å². The van der Waals surface area contributed by atoms with Crippen LogP contribution in [0.4, 0.5) is 23.0 Å². The van der Waals surface area contributed by atoms with Crippen LogP contribution in [-0.2, 0) is 40.0 Å². The summed E-state index contributed by atoms with van der Waals surface area (Å²) in [6.07, 6.45) is 15.0. The SMILES string of the molecule is C[C@@H]1COC[C@@H](C)N1C(=O)[C@H]1CCc2c(sc3ncnc(Nc4ccn5nccc5c4)c23)C1.O=C(O)[C@H]1CCc2c(sc3ncnc(Nc4ccn5nccc5c4)c23)C1. The number of nitrogens with zero attached hydrogens (tertiary/aromatic N) is 9. The van der Waals surface area contributed by atoms with E-state index in [2.05, 4.69) is 60.7 Å². The van der Waals surface area contributed by atoms with Gasteiger partial charge in [0, 0.05) is 51.8 Å². The van der Waals surface area contributed by atoms with Crippen molar-refractivity contribution in [2.45, 2.75) is 64.5 Å². The fourth-order valence-electron chi connectivity index (χ4n) is 8.75. The first-order valence-corrected chi connectivity index (χ1v) is 21.4. The number of carbonyl (C=O) groups is 2. The molecule has 2 aliphatic carbocycles. The van der Waals surface area contributed by atoms with E-state index >= 15 is 0 Å². The van der Waals surface area contributed by atoms with Crippen molar-refractivity contribution in [3.63, 3.8) is 0 Å². The number of thiophene rings is 2. The summed E-state index contributed by atoms with van der Waals surface area (Å²) in [5.41, 5.74) is 6.38. The quantitative estimate of drug-likeness (QED) is 0.155. The maximum absolute atomic E-state index is 13.4. The van der Waals surface area contributed by atoms with Gasteiger partial charge in [-0.05, 0) is 99.9 Å². The molecule has 11 rings (SSSR count). The number of fused-ring (bicyclic) bond motifs is 8. The number of carboxylic acid groups (broad SMARTS) is 1. The number of hydrogen-bond acceptors (Lipinski definition) is 13. The van der Waals surface area contributed by atoms with Crippen LogP contribution in [0.3, 0.4) is 0 Å². The van der Waals surface area contributed by atoms with Crippen molar-refractivity contribution in [2.24, 2.45) is 11.8 Å². The number of ether oxygens (including phenoxy) is 1. The van der Waals surface area contributed by atoms with Gasteiger partial charge in [0.2, 0.25) is 5.91 Å². The molecule has 8 aromatic heterocycles. The van der Waals surface area contributed by atoms with Crippen LogP contribution in [0.2, 0.25) is 0 Å². The lowest BCUT2D eigenvalue weighted by molar-refractivity contribution is -0.149. The molecule has 0 unspecified atom stereocenters. The molecule has 0 aromatic carbocycles. The molecule has 1 fully saturated rings. The van der Waals surface area contributed by atoms with Crippen LogP contribution < -0.4 is 10.6 Å². The topological polar surface area (TPSA) is 177 Å². The lowest BCUT2D eigenvalue weighted by Gasteiger charge is -2.41. The smallest absolute Gasteiger partial charge is 0.306 e. The highest BCUT2D eigenvalue weighted by molar-refractivity contribution is 7.19. The summed E-state index contributed by atoms with van der Waals surface area (Å²) >= 11 is 3.28. The van der Waals surface area contributed by atoms with Crippen molar-refractivity contribution >= 4 is 89.0 Å². The molecule has 4 atom stereocenters. The molecule has 0 radical (unpaired) electrons. The van der Waals surface area contributed by atoms with Crippen molar-refractivity contribution in [1.82, 2.24) is 44.1 Å². The molecule has 17 heteroatoms. The van der Waals surface area contributed by atoms with E-state index in [4.69, 9.17) is 4.74 Å². The average molecular weight is 828 g/mol. The number of nitrogens with one attached hydrogen (secondary N) is 2. The molecule has 15 nitrogen and oxygen atoms in total. The van der Waals surface area contributed by atoms with Crippen LogP contribution >= 0.6 is 22.7 Å². The number of anilines is 4. The third kappa shape index (κ3) is 7.02. The minimum absolute atomic E-state index is 0.0159. The van der Waals surface area contributed by atoms with Gasteiger partial charge in [-0.1, -0.05) is 0 Å². The van der Waals surface area contributed by atoms with Crippen LogP contribution in [0.25, 0.3) is 31.5 Å². The molecular weight excluding hydrogens is 787 g/mol. The summed E-state index contributed by atoms with van der Waals surface area (Å²) in [6, 6.07) is 12.2. The number of aryl methyl sites for hydroxylation is 2. The molecule has 0 spiro atoms. The number of carboxylic acids is 1. The highest BCUT2D eigenvalue weighted by Gasteiger charge is 2.37. The summed E-state index contributed by atoms with van der Waals surface area (Å²) < 4.78 is 9.26. The molecule has 8 aromatic rings. The number of hydrogen-bond donors (Lipinski definition) is 3. The standard InChI is InChI=1S/C24H26N6O2S.C18H15N5O2S/c1-14-11-32-12-15(2)30(14)24(31)16-3-4-19-20(9-16)33-23-21(19)22(25-13-26-23)28-17-6-8-29-18(10-17)5-7-27-29;24-18(25)10-1-2-13-14(7-10)26-17-15(13)16(19-9-20-17)22-11-4-6-23-12(8-11)3-5-21-23/h5-8,10,13-16H,3-4,9,11-12H2,1-2H3,(H,25,26,28);3-6,8-10H,1-2,7H2,(H,24,25)(H,19,20,22)/t14-,15-,16+;10-/m10/s1. The maximum Gasteiger partial charge on any atom is 0.306 e. The second-order valence-corrected chi connectivity index (χ2v) is 17.7. The minimum atomic E-state index is -0.716. The molecule has 1 aliphatic heterocycles. The highest BCUT2D eigenvalue weighted by Crippen LogP contribution is 2.42. The number of carbonyl (C=O) groups excluding carboxylic acids is 1. The predicted octanol–water partition coefficient (Wildman–Crippen LogP) is 7.10. The van der Waals surface area contributed by atoms with E-state index in [0.29, 0.717) is 26.1 Å². The van der Waals surface area contributed by atoms with E-state index in [9.17, 15) is 14.7 Å². The van der Waals surface area contributed by atoms with E-state index in [1.165, 1.54) is 16.0 Å². The molecule has 59 heavy (non-hydrogen) atoms. The third-order valence-corrected chi connectivity index (χ3v) is 14.0. The van der Waals surface area contributed by atoms with E-state index < -0.39 is 5.97 Å². The van der Waals surface area contributed by atoms with Crippen LogP contribution in [0.15, 0.2) is 73.8 Å². The maximum atomic E-state index is 13.4. The normalized spacial score (nSPS) is 20.3. The molecule has 0 bridgehead atoms. The summed E-state index contributed by atoms with van der Waals surface area (Å²) in [6.45, 7) is 5.39. The molecule has 3 aliphatic rings. The lowest BCUT2D eigenvalue weighted by atomic mass is 9.86. The van der Waals surface area contributed by atoms with Gasteiger partial charge in [-0.3, -0.25) is 9.59 Å². The first kappa shape index (κ1) is 37.2. The van der Waals surface area contributed by atoms with Gasteiger partial charge in [0.05, 0.1) is 53.0 Å². The minimum Gasteiger partial charge on any atom is -0.481 e. The Kier molecular flexibility index (Phi) is 9.65. The zero-order valence-electron chi connectivity index (χ0n) is 32.4.